The van der Waals surface area contributed by atoms with Gasteiger partial charge in [-0.2, -0.15) is 0 Å². The normalized spacial score (nSPS) is 16.2. The maximum atomic E-state index is 11.7. The van der Waals surface area contributed by atoms with Crippen molar-refractivity contribution in [1.82, 2.24) is 14.6 Å². The molecule has 2 N–H and O–H groups in total. The number of morpholine rings is 1. The summed E-state index contributed by atoms with van der Waals surface area (Å²) in [5.41, 5.74) is 0.468. The largest absolute Gasteiger partial charge is 0.423 e. The molecule has 0 spiro atoms. The molecule has 21 heavy (non-hydrogen) atoms. The summed E-state index contributed by atoms with van der Waals surface area (Å²) < 4.78 is 5.88. The number of anilines is 1. The van der Waals surface area contributed by atoms with Crippen LogP contribution in [-0.2, 0) is 4.74 Å². The third-order valence-electron chi connectivity index (χ3n) is 3.60. The minimum absolute atomic E-state index is 0.263. The lowest BCUT2D eigenvalue weighted by molar-refractivity contribution is 0.0398. The summed E-state index contributed by atoms with van der Waals surface area (Å²) in [7, 11) is 0. The number of rotatable bonds is 4. The van der Waals surface area contributed by atoms with Gasteiger partial charge < -0.3 is 15.3 Å². The molecule has 0 amide bonds. The maximum absolute atomic E-state index is 11.7. The van der Waals surface area contributed by atoms with Crippen molar-refractivity contribution in [3.05, 3.63) is 34.7 Å². The molecule has 0 radical (unpaired) electrons. The van der Waals surface area contributed by atoms with Gasteiger partial charge >= 0.3 is 0 Å². The van der Waals surface area contributed by atoms with Crippen LogP contribution in [0, 0.1) is 0 Å². The molecule has 0 saturated carbocycles. The van der Waals surface area contributed by atoms with Gasteiger partial charge in [-0.1, -0.05) is 0 Å². The Kier molecular flexibility index (Phi) is 4.03. The van der Waals surface area contributed by atoms with Crippen molar-refractivity contribution in [2.45, 2.75) is 0 Å². The van der Waals surface area contributed by atoms with E-state index in [9.17, 15) is 10.0 Å². The third kappa shape index (κ3) is 2.98. The van der Waals surface area contributed by atoms with Crippen LogP contribution in [0.25, 0.3) is 11.0 Å². The van der Waals surface area contributed by atoms with Crippen molar-refractivity contribution in [2.75, 3.05) is 44.7 Å². The van der Waals surface area contributed by atoms with Crippen molar-refractivity contribution in [3.63, 3.8) is 0 Å². The van der Waals surface area contributed by atoms with E-state index >= 15 is 0 Å². The number of fused-ring (bicyclic) bond motifs is 1. The van der Waals surface area contributed by atoms with Crippen molar-refractivity contribution >= 4 is 16.7 Å². The SMILES string of the molecule is O=c1cc(NCCN2CCOCC2)c2cccnc2n1O. The summed E-state index contributed by atoms with van der Waals surface area (Å²) in [6, 6.07) is 4.99. The molecule has 0 aliphatic carbocycles. The molecule has 1 saturated heterocycles. The zero-order valence-electron chi connectivity index (χ0n) is 11.7. The highest BCUT2D eigenvalue weighted by Crippen LogP contribution is 2.18. The molecule has 7 nitrogen and oxygen atoms in total. The lowest BCUT2D eigenvalue weighted by atomic mass is 10.2. The quantitative estimate of drug-likeness (QED) is 0.792. The summed E-state index contributed by atoms with van der Waals surface area (Å²) >= 11 is 0. The van der Waals surface area contributed by atoms with Crippen LogP contribution in [0.3, 0.4) is 0 Å². The van der Waals surface area contributed by atoms with Crippen LogP contribution < -0.4 is 10.9 Å². The number of pyridine rings is 2. The first-order chi connectivity index (χ1) is 10.3. The first-order valence-corrected chi connectivity index (χ1v) is 7.00. The van der Waals surface area contributed by atoms with E-state index < -0.39 is 5.56 Å². The zero-order chi connectivity index (χ0) is 14.7. The van der Waals surface area contributed by atoms with Crippen molar-refractivity contribution < 1.29 is 9.94 Å². The molecule has 7 heteroatoms. The van der Waals surface area contributed by atoms with Gasteiger partial charge in [0, 0.05) is 43.8 Å². The number of aromatic nitrogens is 2. The average Bonchev–Trinajstić information content (AvgIpc) is 2.53. The van der Waals surface area contributed by atoms with Gasteiger partial charge in [0.25, 0.3) is 5.56 Å². The Bertz CT molecular complexity index is 679. The van der Waals surface area contributed by atoms with E-state index in [4.69, 9.17) is 4.74 Å². The second-order valence-corrected chi connectivity index (χ2v) is 4.96. The minimum Gasteiger partial charge on any atom is -0.423 e. The molecular formula is C14H18N4O3. The summed E-state index contributed by atoms with van der Waals surface area (Å²) in [6.45, 7) is 5.01. The lowest BCUT2D eigenvalue weighted by Crippen LogP contribution is -2.39. The summed E-state index contributed by atoms with van der Waals surface area (Å²) in [5, 5.41) is 13.7. The highest BCUT2D eigenvalue weighted by atomic mass is 16.5. The van der Waals surface area contributed by atoms with Crippen LogP contribution in [0.15, 0.2) is 29.2 Å². The van der Waals surface area contributed by atoms with Gasteiger partial charge in [-0.3, -0.25) is 9.69 Å². The first-order valence-electron chi connectivity index (χ1n) is 7.00. The Balaban J connectivity index is 1.74. The van der Waals surface area contributed by atoms with Gasteiger partial charge in [-0.05, 0) is 12.1 Å². The average molecular weight is 290 g/mol. The van der Waals surface area contributed by atoms with E-state index in [1.54, 1.807) is 12.3 Å². The van der Waals surface area contributed by atoms with E-state index in [2.05, 4.69) is 15.2 Å². The number of ether oxygens (including phenoxy) is 1. The number of hydrogen-bond donors (Lipinski definition) is 2. The zero-order valence-corrected chi connectivity index (χ0v) is 11.7. The lowest BCUT2D eigenvalue weighted by Gasteiger charge is -2.26. The second kappa shape index (κ2) is 6.11. The van der Waals surface area contributed by atoms with Crippen molar-refractivity contribution in [3.8, 4) is 0 Å². The fraction of sp³-hybridized carbons (Fsp3) is 0.429. The molecule has 2 aromatic heterocycles. The summed E-state index contributed by atoms with van der Waals surface area (Å²) in [5.74, 6) is 0. The molecule has 1 aliphatic heterocycles. The Morgan fingerprint density at radius 2 is 2.19 bits per heavy atom. The first kappa shape index (κ1) is 13.8. The van der Waals surface area contributed by atoms with Gasteiger partial charge in [0.2, 0.25) is 0 Å². The molecule has 3 rings (SSSR count). The van der Waals surface area contributed by atoms with E-state index in [1.807, 2.05) is 6.07 Å². The predicted octanol–water partition coefficient (Wildman–Crippen LogP) is 0.378. The Labute approximate surface area is 121 Å². The van der Waals surface area contributed by atoms with E-state index in [0.29, 0.717) is 10.4 Å². The van der Waals surface area contributed by atoms with Crippen LogP contribution in [-0.4, -0.2) is 59.2 Å². The molecule has 0 atom stereocenters. The molecule has 2 aromatic rings. The minimum atomic E-state index is -0.491. The third-order valence-corrected chi connectivity index (χ3v) is 3.60. The van der Waals surface area contributed by atoms with Crippen LogP contribution >= 0.6 is 0 Å². The van der Waals surface area contributed by atoms with E-state index in [0.717, 1.165) is 44.8 Å². The van der Waals surface area contributed by atoms with Crippen LogP contribution in [0.5, 0.6) is 0 Å². The molecule has 1 fully saturated rings. The van der Waals surface area contributed by atoms with Crippen LogP contribution in [0.2, 0.25) is 0 Å². The maximum Gasteiger partial charge on any atom is 0.286 e. The molecule has 0 bridgehead atoms. The number of nitrogens with one attached hydrogen (secondary N) is 1. The smallest absolute Gasteiger partial charge is 0.286 e. The Morgan fingerprint density at radius 3 is 3.00 bits per heavy atom. The van der Waals surface area contributed by atoms with Gasteiger partial charge in [0.1, 0.15) is 0 Å². The highest BCUT2D eigenvalue weighted by molar-refractivity contribution is 5.88. The fourth-order valence-electron chi connectivity index (χ4n) is 2.46. The molecule has 1 aliphatic rings. The molecular weight excluding hydrogens is 272 g/mol. The topological polar surface area (TPSA) is 79.6 Å². The summed E-state index contributed by atoms with van der Waals surface area (Å²) in [6.07, 6.45) is 1.55. The van der Waals surface area contributed by atoms with Crippen molar-refractivity contribution in [1.29, 1.82) is 0 Å². The molecule has 112 valence electrons. The summed E-state index contributed by atoms with van der Waals surface area (Å²) in [4.78, 5) is 18.1. The van der Waals surface area contributed by atoms with Gasteiger partial charge in [0.15, 0.2) is 5.65 Å². The van der Waals surface area contributed by atoms with Gasteiger partial charge in [-0.25, -0.2) is 4.98 Å². The molecule has 0 unspecified atom stereocenters. The van der Waals surface area contributed by atoms with E-state index in [1.165, 1.54) is 6.07 Å². The van der Waals surface area contributed by atoms with Crippen molar-refractivity contribution in [2.24, 2.45) is 0 Å². The van der Waals surface area contributed by atoms with Gasteiger partial charge in [-0.15, -0.1) is 4.73 Å². The second-order valence-electron chi connectivity index (χ2n) is 4.96. The predicted molar refractivity (Wildman–Crippen MR) is 78.9 cm³/mol. The highest BCUT2D eigenvalue weighted by Gasteiger charge is 2.11. The number of nitrogens with zero attached hydrogens (tertiary/aromatic N) is 3. The molecule has 0 aromatic carbocycles. The standard InChI is InChI=1S/C14H18N4O3/c19-13-10-12(11-2-1-3-16-14(11)18(13)20)15-4-5-17-6-8-21-9-7-17/h1-3,10,15,20H,4-9H2. The van der Waals surface area contributed by atoms with Crippen LogP contribution in [0.4, 0.5) is 5.69 Å². The Morgan fingerprint density at radius 1 is 1.38 bits per heavy atom. The van der Waals surface area contributed by atoms with Crippen LogP contribution in [0.1, 0.15) is 0 Å². The Hall–Kier alpha value is -2.12. The van der Waals surface area contributed by atoms with E-state index in [-0.39, 0.29) is 5.65 Å². The fourth-order valence-corrected chi connectivity index (χ4v) is 2.46. The monoisotopic (exact) mass is 290 g/mol. The molecule has 3 heterocycles. The van der Waals surface area contributed by atoms with Gasteiger partial charge in [0.05, 0.1) is 18.9 Å². The number of hydrogen-bond acceptors (Lipinski definition) is 6.